The van der Waals surface area contributed by atoms with E-state index < -0.39 is 11.6 Å². The lowest BCUT2D eigenvalue weighted by molar-refractivity contribution is 0.297. The molecule has 0 aliphatic carbocycles. The van der Waals surface area contributed by atoms with E-state index in [-0.39, 0.29) is 0 Å². The van der Waals surface area contributed by atoms with Gasteiger partial charge in [0.05, 0.1) is 0 Å². The largest absolute Gasteiger partial charge is 0.309 e. The van der Waals surface area contributed by atoms with E-state index in [9.17, 15) is 8.78 Å². The molecule has 2 nitrogen and oxygen atoms in total. The van der Waals surface area contributed by atoms with E-state index in [1.54, 1.807) is 0 Å². The van der Waals surface area contributed by atoms with Crippen LogP contribution in [0.3, 0.4) is 0 Å². The van der Waals surface area contributed by atoms with E-state index in [1.807, 2.05) is 0 Å². The van der Waals surface area contributed by atoms with Gasteiger partial charge in [0.1, 0.15) is 11.6 Å². The molecule has 1 aromatic carbocycles. The summed E-state index contributed by atoms with van der Waals surface area (Å²) in [6, 6.07) is 4.04. The van der Waals surface area contributed by atoms with Crippen LogP contribution in [-0.2, 0) is 6.54 Å². The van der Waals surface area contributed by atoms with Crippen molar-refractivity contribution in [3.8, 4) is 0 Å². The van der Waals surface area contributed by atoms with E-state index in [0.717, 1.165) is 25.7 Å². The third-order valence-corrected chi connectivity index (χ3v) is 3.39. The van der Waals surface area contributed by atoms with Crippen LogP contribution >= 0.6 is 0 Å². The molecule has 1 heterocycles. The fourth-order valence-electron chi connectivity index (χ4n) is 2.37. The average Bonchev–Trinajstić information content (AvgIpc) is 2.80. The van der Waals surface area contributed by atoms with E-state index in [4.69, 9.17) is 0 Å². The Morgan fingerprint density at radius 1 is 1.28 bits per heavy atom. The van der Waals surface area contributed by atoms with Gasteiger partial charge in [0.25, 0.3) is 0 Å². The monoisotopic (exact) mass is 254 g/mol. The molecule has 0 amide bonds. The summed E-state index contributed by atoms with van der Waals surface area (Å²) in [7, 11) is 0. The lowest BCUT2D eigenvalue weighted by Crippen LogP contribution is -2.37. The Kier molecular flexibility index (Phi) is 4.66. The summed E-state index contributed by atoms with van der Waals surface area (Å²) in [5, 5.41) is 3.28. The molecule has 100 valence electrons. The summed E-state index contributed by atoms with van der Waals surface area (Å²) in [6.45, 7) is 5.86. The molecule has 1 aliphatic heterocycles. The molecule has 0 bridgehead atoms. The van der Waals surface area contributed by atoms with Gasteiger partial charge in [-0.15, -0.1) is 0 Å². The van der Waals surface area contributed by atoms with Crippen LogP contribution < -0.4 is 5.32 Å². The fourth-order valence-corrected chi connectivity index (χ4v) is 2.37. The van der Waals surface area contributed by atoms with Crippen LogP contribution in [0.25, 0.3) is 0 Å². The third-order valence-electron chi connectivity index (χ3n) is 3.39. The second kappa shape index (κ2) is 6.25. The number of rotatable bonds is 5. The van der Waals surface area contributed by atoms with Crippen molar-refractivity contribution >= 4 is 0 Å². The number of likely N-dealkylation sites (tertiary alicyclic amines) is 1. The van der Waals surface area contributed by atoms with Crippen LogP contribution in [-0.4, -0.2) is 30.6 Å². The summed E-state index contributed by atoms with van der Waals surface area (Å²) in [5.74, 6) is -1.00. The third kappa shape index (κ3) is 3.75. The molecule has 1 aromatic rings. The van der Waals surface area contributed by atoms with Gasteiger partial charge in [-0.2, -0.15) is 0 Å². The second-order valence-corrected chi connectivity index (χ2v) is 5.03. The van der Waals surface area contributed by atoms with Gasteiger partial charge < -0.3 is 10.2 Å². The maximum Gasteiger partial charge on any atom is 0.130 e. The van der Waals surface area contributed by atoms with Gasteiger partial charge >= 0.3 is 0 Å². The van der Waals surface area contributed by atoms with Crippen molar-refractivity contribution in [3.05, 3.63) is 35.4 Å². The first kappa shape index (κ1) is 13.4. The number of hydrogen-bond acceptors (Lipinski definition) is 2. The molecule has 0 spiro atoms. The fraction of sp³-hybridized carbons (Fsp3) is 0.571. The first-order chi connectivity index (χ1) is 8.65. The first-order valence-electron chi connectivity index (χ1n) is 6.55. The SMILES string of the molecule is CC(CN1CCCC1)NCc1ccc(F)cc1F. The lowest BCUT2D eigenvalue weighted by Gasteiger charge is -2.21. The summed E-state index contributed by atoms with van der Waals surface area (Å²) in [4.78, 5) is 2.42. The zero-order chi connectivity index (χ0) is 13.0. The van der Waals surface area contributed by atoms with E-state index in [0.29, 0.717) is 18.2 Å². The van der Waals surface area contributed by atoms with Crippen molar-refractivity contribution in [2.45, 2.75) is 32.4 Å². The number of nitrogens with one attached hydrogen (secondary N) is 1. The van der Waals surface area contributed by atoms with Crippen LogP contribution in [0.4, 0.5) is 8.78 Å². The van der Waals surface area contributed by atoms with Gasteiger partial charge in [-0.1, -0.05) is 6.07 Å². The molecule has 1 aliphatic rings. The highest BCUT2D eigenvalue weighted by Gasteiger charge is 2.14. The van der Waals surface area contributed by atoms with Crippen LogP contribution in [0.2, 0.25) is 0 Å². The van der Waals surface area contributed by atoms with Crippen molar-refractivity contribution in [2.75, 3.05) is 19.6 Å². The average molecular weight is 254 g/mol. The Balaban J connectivity index is 1.79. The number of hydrogen-bond donors (Lipinski definition) is 1. The molecule has 2 rings (SSSR count). The zero-order valence-corrected chi connectivity index (χ0v) is 10.8. The highest BCUT2D eigenvalue weighted by Crippen LogP contribution is 2.10. The molecule has 1 fully saturated rings. The molecular formula is C14H20F2N2. The molecule has 0 radical (unpaired) electrons. The molecule has 0 saturated carbocycles. The minimum Gasteiger partial charge on any atom is -0.309 e. The van der Waals surface area contributed by atoms with Crippen LogP contribution in [0.1, 0.15) is 25.3 Å². The summed E-state index contributed by atoms with van der Waals surface area (Å²) in [5.41, 5.74) is 0.518. The van der Waals surface area contributed by atoms with Crippen molar-refractivity contribution < 1.29 is 8.78 Å². The molecule has 1 atom stereocenters. The lowest BCUT2D eigenvalue weighted by atomic mass is 10.2. The van der Waals surface area contributed by atoms with Crippen molar-refractivity contribution in [2.24, 2.45) is 0 Å². The molecule has 0 aromatic heterocycles. The van der Waals surface area contributed by atoms with E-state index in [2.05, 4.69) is 17.1 Å². The summed E-state index contributed by atoms with van der Waals surface area (Å²) < 4.78 is 26.2. The Morgan fingerprint density at radius 3 is 2.67 bits per heavy atom. The normalized spacial score (nSPS) is 18.2. The Labute approximate surface area is 107 Å². The molecule has 1 unspecified atom stereocenters. The summed E-state index contributed by atoms with van der Waals surface area (Å²) >= 11 is 0. The highest BCUT2D eigenvalue weighted by molar-refractivity contribution is 5.18. The standard InChI is InChI=1S/C14H20F2N2/c1-11(10-18-6-2-3-7-18)17-9-12-4-5-13(15)8-14(12)16/h4-5,8,11,17H,2-3,6-7,9-10H2,1H3. The quantitative estimate of drug-likeness (QED) is 0.868. The maximum absolute atomic E-state index is 13.4. The van der Waals surface area contributed by atoms with Gasteiger partial charge in [0.15, 0.2) is 0 Å². The van der Waals surface area contributed by atoms with Crippen molar-refractivity contribution in [3.63, 3.8) is 0 Å². The predicted octanol–water partition coefficient (Wildman–Crippen LogP) is 2.54. The van der Waals surface area contributed by atoms with E-state index >= 15 is 0 Å². The highest BCUT2D eigenvalue weighted by atomic mass is 19.1. The number of halogens is 2. The van der Waals surface area contributed by atoms with Crippen molar-refractivity contribution in [1.82, 2.24) is 10.2 Å². The Morgan fingerprint density at radius 2 is 2.00 bits per heavy atom. The van der Waals surface area contributed by atoms with Crippen LogP contribution in [0.5, 0.6) is 0 Å². The van der Waals surface area contributed by atoms with Gasteiger partial charge in [0, 0.05) is 30.8 Å². The van der Waals surface area contributed by atoms with Gasteiger partial charge in [-0.05, 0) is 38.9 Å². The smallest absolute Gasteiger partial charge is 0.130 e. The minimum atomic E-state index is -0.527. The molecule has 18 heavy (non-hydrogen) atoms. The number of nitrogens with zero attached hydrogens (tertiary/aromatic N) is 1. The second-order valence-electron chi connectivity index (χ2n) is 5.03. The minimum absolute atomic E-state index is 0.313. The predicted molar refractivity (Wildman–Crippen MR) is 68.3 cm³/mol. The molecular weight excluding hydrogens is 234 g/mol. The first-order valence-corrected chi connectivity index (χ1v) is 6.55. The van der Waals surface area contributed by atoms with Gasteiger partial charge in [-0.25, -0.2) is 8.78 Å². The van der Waals surface area contributed by atoms with Crippen LogP contribution in [0, 0.1) is 11.6 Å². The zero-order valence-electron chi connectivity index (χ0n) is 10.8. The topological polar surface area (TPSA) is 15.3 Å². The molecule has 1 saturated heterocycles. The number of benzene rings is 1. The van der Waals surface area contributed by atoms with Gasteiger partial charge in [0.2, 0.25) is 0 Å². The van der Waals surface area contributed by atoms with Gasteiger partial charge in [-0.3, -0.25) is 0 Å². The van der Waals surface area contributed by atoms with Crippen LogP contribution in [0.15, 0.2) is 18.2 Å². The maximum atomic E-state index is 13.4. The van der Waals surface area contributed by atoms with Crippen molar-refractivity contribution in [1.29, 1.82) is 0 Å². The molecule has 4 heteroatoms. The Bertz CT molecular complexity index is 389. The van der Waals surface area contributed by atoms with E-state index in [1.165, 1.54) is 25.0 Å². The Hall–Kier alpha value is -1.00. The summed E-state index contributed by atoms with van der Waals surface area (Å²) in [6.07, 6.45) is 2.55. The molecule has 1 N–H and O–H groups in total.